The van der Waals surface area contributed by atoms with Crippen LogP contribution in [0.15, 0.2) is 27.6 Å². The largest absolute Gasteiger partial charge is 0.353 e. The Balaban J connectivity index is 1.84. The minimum atomic E-state index is 0.137. The molecule has 2 rings (SSSR count). The van der Waals surface area contributed by atoms with E-state index < -0.39 is 0 Å². The molecule has 3 nitrogen and oxygen atoms in total. The van der Waals surface area contributed by atoms with Crippen LogP contribution in [-0.2, 0) is 11.3 Å². The Morgan fingerprint density at radius 1 is 1.50 bits per heavy atom. The van der Waals surface area contributed by atoms with Crippen LogP contribution >= 0.6 is 27.7 Å². The molecular weight excluding hydrogens is 312 g/mol. The fourth-order valence-corrected chi connectivity index (χ4v) is 3.01. The van der Waals surface area contributed by atoms with Crippen LogP contribution in [0.5, 0.6) is 0 Å². The lowest BCUT2D eigenvalue weighted by Crippen LogP contribution is -2.26. The van der Waals surface area contributed by atoms with Crippen LogP contribution in [0.1, 0.15) is 18.4 Å². The van der Waals surface area contributed by atoms with Gasteiger partial charge < -0.3 is 10.6 Å². The van der Waals surface area contributed by atoms with Gasteiger partial charge in [-0.25, -0.2) is 0 Å². The van der Waals surface area contributed by atoms with E-state index >= 15 is 0 Å². The maximum Gasteiger partial charge on any atom is 0.230 e. The molecule has 1 aromatic rings. The standard InChI is InChI=1S/C13H17BrN2OS/c1-15-7-9-2-5-11(6-12(9)14)18-8-13(17)16-10-3-4-10/h2,5-6,10,15H,3-4,7-8H2,1H3,(H,16,17). The van der Waals surface area contributed by atoms with E-state index in [2.05, 4.69) is 44.8 Å². The molecule has 1 aliphatic carbocycles. The maximum atomic E-state index is 11.6. The summed E-state index contributed by atoms with van der Waals surface area (Å²) in [5, 5.41) is 6.11. The van der Waals surface area contributed by atoms with Crippen molar-refractivity contribution in [1.82, 2.24) is 10.6 Å². The summed E-state index contributed by atoms with van der Waals surface area (Å²) in [7, 11) is 1.93. The van der Waals surface area contributed by atoms with Gasteiger partial charge in [0, 0.05) is 22.0 Å². The molecule has 0 aliphatic heterocycles. The molecule has 0 aromatic heterocycles. The minimum absolute atomic E-state index is 0.137. The molecule has 0 saturated heterocycles. The summed E-state index contributed by atoms with van der Waals surface area (Å²) in [6.07, 6.45) is 2.28. The van der Waals surface area contributed by atoms with Gasteiger partial charge in [-0.2, -0.15) is 0 Å². The van der Waals surface area contributed by atoms with E-state index in [0.717, 1.165) is 28.8 Å². The Morgan fingerprint density at radius 2 is 2.28 bits per heavy atom. The molecule has 1 saturated carbocycles. The molecule has 0 heterocycles. The first-order valence-electron chi connectivity index (χ1n) is 6.04. The van der Waals surface area contributed by atoms with Gasteiger partial charge in [0.15, 0.2) is 0 Å². The molecule has 1 aromatic carbocycles. The van der Waals surface area contributed by atoms with Crippen molar-refractivity contribution < 1.29 is 4.79 Å². The lowest BCUT2D eigenvalue weighted by molar-refractivity contribution is -0.118. The number of nitrogens with one attached hydrogen (secondary N) is 2. The summed E-state index contributed by atoms with van der Waals surface area (Å²) in [5.74, 6) is 0.631. The molecule has 0 atom stereocenters. The fraction of sp³-hybridized carbons (Fsp3) is 0.462. The topological polar surface area (TPSA) is 41.1 Å². The number of halogens is 1. The second-order valence-corrected chi connectivity index (χ2v) is 6.32. The van der Waals surface area contributed by atoms with Gasteiger partial charge in [0.05, 0.1) is 5.75 Å². The number of rotatable bonds is 6. The number of hydrogen-bond acceptors (Lipinski definition) is 3. The summed E-state index contributed by atoms with van der Waals surface area (Å²) < 4.78 is 1.09. The third-order valence-electron chi connectivity index (χ3n) is 2.70. The highest BCUT2D eigenvalue weighted by molar-refractivity contribution is 9.10. The minimum Gasteiger partial charge on any atom is -0.353 e. The third-order valence-corrected chi connectivity index (χ3v) is 4.44. The van der Waals surface area contributed by atoms with Crippen molar-refractivity contribution in [2.45, 2.75) is 30.3 Å². The van der Waals surface area contributed by atoms with Gasteiger partial charge in [0.1, 0.15) is 0 Å². The molecule has 0 spiro atoms. The van der Waals surface area contributed by atoms with Gasteiger partial charge in [-0.3, -0.25) is 4.79 Å². The second kappa shape index (κ2) is 6.59. The summed E-state index contributed by atoms with van der Waals surface area (Å²) in [6.45, 7) is 0.841. The molecule has 0 radical (unpaired) electrons. The number of carbonyl (C=O) groups excluding carboxylic acids is 1. The molecule has 2 N–H and O–H groups in total. The van der Waals surface area contributed by atoms with Crippen LogP contribution in [0.4, 0.5) is 0 Å². The first-order chi connectivity index (χ1) is 8.69. The van der Waals surface area contributed by atoms with Crippen molar-refractivity contribution in [3.8, 4) is 0 Å². The van der Waals surface area contributed by atoms with Crippen LogP contribution in [0, 0.1) is 0 Å². The highest BCUT2D eigenvalue weighted by Gasteiger charge is 2.22. The van der Waals surface area contributed by atoms with Crippen molar-refractivity contribution in [2.75, 3.05) is 12.8 Å². The lowest BCUT2D eigenvalue weighted by atomic mass is 10.2. The molecule has 1 amide bonds. The van der Waals surface area contributed by atoms with E-state index in [0.29, 0.717) is 11.8 Å². The summed E-state index contributed by atoms with van der Waals surface area (Å²) in [5.41, 5.74) is 1.23. The lowest BCUT2D eigenvalue weighted by Gasteiger charge is -2.07. The maximum absolute atomic E-state index is 11.6. The Morgan fingerprint density at radius 3 is 2.89 bits per heavy atom. The molecule has 0 unspecified atom stereocenters. The van der Waals surface area contributed by atoms with Crippen molar-refractivity contribution in [2.24, 2.45) is 0 Å². The molecule has 1 aliphatic rings. The van der Waals surface area contributed by atoms with E-state index in [1.54, 1.807) is 11.8 Å². The smallest absolute Gasteiger partial charge is 0.230 e. The predicted octanol–water partition coefficient (Wildman–Crippen LogP) is 2.54. The van der Waals surface area contributed by atoms with E-state index in [4.69, 9.17) is 0 Å². The zero-order chi connectivity index (χ0) is 13.0. The predicted molar refractivity (Wildman–Crippen MR) is 78.8 cm³/mol. The molecular formula is C13H17BrN2OS. The molecule has 18 heavy (non-hydrogen) atoms. The summed E-state index contributed by atoms with van der Waals surface area (Å²) in [4.78, 5) is 12.7. The third kappa shape index (κ3) is 4.30. The average molecular weight is 329 g/mol. The van der Waals surface area contributed by atoms with Gasteiger partial charge >= 0.3 is 0 Å². The zero-order valence-corrected chi connectivity index (χ0v) is 12.7. The highest BCUT2D eigenvalue weighted by Crippen LogP contribution is 2.25. The van der Waals surface area contributed by atoms with Crippen LogP contribution in [-0.4, -0.2) is 24.7 Å². The number of hydrogen-bond donors (Lipinski definition) is 2. The quantitative estimate of drug-likeness (QED) is 0.788. The first kappa shape index (κ1) is 13.9. The SMILES string of the molecule is CNCc1ccc(SCC(=O)NC2CC2)cc1Br. The van der Waals surface area contributed by atoms with Gasteiger partial charge in [-0.15, -0.1) is 11.8 Å². The van der Waals surface area contributed by atoms with E-state index in [-0.39, 0.29) is 5.91 Å². The van der Waals surface area contributed by atoms with E-state index in [9.17, 15) is 4.79 Å². The van der Waals surface area contributed by atoms with Gasteiger partial charge in [-0.05, 0) is 37.6 Å². The Labute approximate surface area is 120 Å². The second-order valence-electron chi connectivity index (χ2n) is 4.41. The van der Waals surface area contributed by atoms with Crippen molar-refractivity contribution in [3.63, 3.8) is 0 Å². The van der Waals surface area contributed by atoms with Crippen LogP contribution in [0.25, 0.3) is 0 Å². The van der Waals surface area contributed by atoms with Crippen LogP contribution in [0.3, 0.4) is 0 Å². The fourth-order valence-electron chi connectivity index (χ4n) is 1.60. The van der Waals surface area contributed by atoms with E-state index in [1.165, 1.54) is 5.56 Å². The normalized spacial score (nSPS) is 14.6. The number of carbonyl (C=O) groups is 1. The van der Waals surface area contributed by atoms with Gasteiger partial charge in [-0.1, -0.05) is 22.0 Å². The molecule has 1 fully saturated rings. The van der Waals surface area contributed by atoms with Crippen molar-refractivity contribution in [1.29, 1.82) is 0 Å². The number of amides is 1. The van der Waals surface area contributed by atoms with Crippen molar-refractivity contribution in [3.05, 3.63) is 28.2 Å². The highest BCUT2D eigenvalue weighted by atomic mass is 79.9. The molecule has 98 valence electrons. The zero-order valence-electron chi connectivity index (χ0n) is 10.3. The Hall–Kier alpha value is -0.520. The summed E-state index contributed by atoms with van der Waals surface area (Å²) in [6, 6.07) is 6.67. The Kier molecular flexibility index (Phi) is 5.09. The number of thioether (sulfide) groups is 1. The average Bonchev–Trinajstić information content (AvgIpc) is 3.14. The molecule has 0 bridgehead atoms. The van der Waals surface area contributed by atoms with E-state index in [1.807, 2.05) is 7.05 Å². The summed E-state index contributed by atoms with van der Waals surface area (Å²) >= 11 is 5.13. The van der Waals surface area contributed by atoms with Crippen LogP contribution < -0.4 is 10.6 Å². The van der Waals surface area contributed by atoms with Crippen LogP contribution in [0.2, 0.25) is 0 Å². The van der Waals surface area contributed by atoms with Gasteiger partial charge in [0.2, 0.25) is 5.91 Å². The Bertz CT molecular complexity index is 435. The molecule has 5 heteroatoms. The first-order valence-corrected chi connectivity index (χ1v) is 7.82. The number of benzene rings is 1. The monoisotopic (exact) mass is 328 g/mol. The van der Waals surface area contributed by atoms with Gasteiger partial charge in [0.25, 0.3) is 0 Å². The van der Waals surface area contributed by atoms with Crippen molar-refractivity contribution >= 4 is 33.6 Å².